The molecular weight excluding hydrogens is 222 g/mol. The lowest BCUT2D eigenvalue weighted by Gasteiger charge is -2.16. The fraction of sp³-hybridized carbons (Fsp3) is 0.700. The summed E-state index contributed by atoms with van der Waals surface area (Å²) < 4.78 is 5.31. The van der Waals surface area contributed by atoms with Gasteiger partial charge in [-0.2, -0.15) is 0 Å². The van der Waals surface area contributed by atoms with E-state index in [0.29, 0.717) is 12.4 Å². The Hall–Kier alpha value is -1.63. The first-order valence-electron chi connectivity index (χ1n) is 5.63. The minimum absolute atomic E-state index is 0.0524. The average Bonchev–Trinajstić information content (AvgIpc) is 2.70. The molecule has 0 spiro atoms. The summed E-state index contributed by atoms with van der Waals surface area (Å²) in [6, 6.07) is -0.294. The first-order valence-corrected chi connectivity index (χ1v) is 5.63. The van der Waals surface area contributed by atoms with Gasteiger partial charge in [-0.15, -0.1) is 5.10 Å². The number of primary amides is 1. The summed E-state index contributed by atoms with van der Waals surface area (Å²) in [6.07, 6.45) is 0. The van der Waals surface area contributed by atoms with Gasteiger partial charge in [-0.1, -0.05) is 25.9 Å². The predicted octanol–water partition coefficient (Wildman–Crippen LogP) is 0.101. The van der Waals surface area contributed by atoms with Gasteiger partial charge < -0.3 is 20.8 Å². The Morgan fingerprint density at radius 1 is 1.47 bits per heavy atom. The molecule has 0 saturated heterocycles. The molecule has 0 radical (unpaired) electrons. The van der Waals surface area contributed by atoms with Crippen molar-refractivity contribution in [3.8, 4) is 0 Å². The maximum Gasteiger partial charge on any atom is 0.316 e. The first kappa shape index (κ1) is 13.4. The van der Waals surface area contributed by atoms with Crippen molar-refractivity contribution in [1.29, 1.82) is 0 Å². The molecule has 7 nitrogen and oxygen atoms in total. The van der Waals surface area contributed by atoms with Crippen LogP contribution in [0.3, 0.4) is 0 Å². The molecule has 0 bridgehead atoms. The Morgan fingerprint density at radius 2 is 2.18 bits per heavy atom. The molecule has 1 heterocycles. The zero-order valence-electron chi connectivity index (χ0n) is 10.4. The molecule has 17 heavy (non-hydrogen) atoms. The predicted molar refractivity (Wildman–Crippen MR) is 63.1 cm³/mol. The van der Waals surface area contributed by atoms with E-state index in [0.717, 1.165) is 6.54 Å². The molecule has 1 amide bonds. The van der Waals surface area contributed by atoms with Crippen LogP contribution in [0, 0.1) is 5.92 Å². The number of amides is 1. The molecule has 7 heteroatoms. The number of hydrogen-bond acceptors (Lipinski definition) is 6. The Bertz CT molecular complexity index is 363. The van der Waals surface area contributed by atoms with E-state index >= 15 is 0 Å². The maximum atomic E-state index is 11.2. The molecule has 0 aliphatic carbocycles. The molecule has 1 unspecified atom stereocenters. The van der Waals surface area contributed by atoms with Gasteiger partial charge in [0.25, 0.3) is 0 Å². The molecule has 0 aliphatic rings. The van der Waals surface area contributed by atoms with Crippen LogP contribution in [-0.4, -0.2) is 28.7 Å². The van der Waals surface area contributed by atoms with Gasteiger partial charge in [-0.25, -0.2) is 0 Å². The van der Waals surface area contributed by atoms with Gasteiger partial charge in [-0.3, -0.25) is 4.79 Å². The summed E-state index contributed by atoms with van der Waals surface area (Å²) in [7, 11) is 0. The van der Waals surface area contributed by atoms with Gasteiger partial charge in [0, 0.05) is 0 Å². The zero-order chi connectivity index (χ0) is 12.8. The molecule has 0 aliphatic heterocycles. The Morgan fingerprint density at radius 3 is 2.71 bits per heavy atom. The highest BCUT2D eigenvalue weighted by Crippen LogP contribution is 2.11. The molecule has 0 saturated carbocycles. The number of nitrogens with zero attached hydrogens (tertiary/aromatic N) is 2. The lowest BCUT2D eigenvalue weighted by atomic mass is 10.0. The van der Waals surface area contributed by atoms with Gasteiger partial charge >= 0.3 is 6.01 Å². The van der Waals surface area contributed by atoms with Crippen LogP contribution in [0.1, 0.15) is 26.7 Å². The molecule has 4 N–H and O–H groups in total. The van der Waals surface area contributed by atoms with Gasteiger partial charge in [0.15, 0.2) is 0 Å². The molecule has 1 aromatic rings. The van der Waals surface area contributed by atoms with E-state index in [9.17, 15) is 4.79 Å². The number of carbonyl (C=O) groups excluding carboxylic acids is 1. The number of aromatic nitrogens is 2. The van der Waals surface area contributed by atoms with Gasteiger partial charge in [0.1, 0.15) is 6.04 Å². The minimum Gasteiger partial charge on any atom is -0.407 e. The molecule has 0 fully saturated rings. The quantitative estimate of drug-likeness (QED) is 0.625. The van der Waals surface area contributed by atoms with E-state index in [-0.39, 0.29) is 11.9 Å². The Balaban J connectivity index is 2.61. The van der Waals surface area contributed by atoms with Crippen LogP contribution >= 0.6 is 0 Å². The van der Waals surface area contributed by atoms with Crippen LogP contribution in [-0.2, 0) is 11.3 Å². The highest BCUT2D eigenvalue weighted by molar-refractivity contribution is 5.82. The summed E-state index contributed by atoms with van der Waals surface area (Å²) in [5.41, 5.74) is 5.27. The van der Waals surface area contributed by atoms with Crippen molar-refractivity contribution in [3.05, 3.63) is 5.89 Å². The van der Waals surface area contributed by atoms with E-state index in [1.807, 2.05) is 20.8 Å². The standard InChI is InChI=1S/C10H19N5O2/c1-4-12-5-7-14-15-10(17-7)13-8(6(2)3)9(11)16/h6,8,12H,4-5H2,1-3H3,(H2,11,16)(H,13,15). The maximum absolute atomic E-state index is 11.2. The summed E-state index contributed by atoms with van der Waals surface area (Å²) in [6.45, 7) is 7.09. The van der Waals surface area contributed by atoms with Crippen LogP contribution < -0.4 is 16.4 Å². The molecule has 1 aromatic heterocycles. The van der Waals surface area contributed by atoms with Crippen LogP contribution in [0.15, 0.2) is 4.42 Å². The number of carbonyl (C=O) groups is 1. The van der Waals surface area contributed by atoms with Crippen LogP contribution in [0.5, 0.6) is 0 Å². The number of rotatable bonds is 7. The molecule has 0 aromatic carbocycles. The van der Waals surface area contributed by atoms with Crippen molar-refractivity contribution in [2.24, 2.45) is 11.7 Å². The van der Waals surface area contributed by atoms with E-state index in [2.05, 4.69) is 20.8 Å². The van der Waals surface area contributed by atoms with Crippen molar-refractivity contribution >= 4 is 11.9 Å². The minimum atomic E-state index is -0.512. The van der Waals surface area contributed by atoms with Gasteiger partial charge in [0.05, 0.1) is 6.54 Å². The van der Waals surface area contributed by atoms with Crippen LogP contribution in [0.2, 0.25) is 0 Å². The molecule has 1 rings (SSSR count). The van der Waals surface area contributed by atoms with Crippen LogP contribution in [0.25, 0.3) is 0 Å². The Labute approximate surface area is 100 Å². The lowest BCUT2D eigenvalue weighted by Crippen LogP contribution is -2.39. The highest BCUT2D eigenvalue weighted by atomic mass is 16.4. The largest absolute Gasteiger partial charge is 0.407 e. The fourth-order valence-electron chi connectivity index (χ4n) is 1.31. The van der Waals surface area contributed by atoms with Crippen molar-refractivity contribution in [2.45, 2.75) is 33.4 Å². The third-order valence-corrected chi connectivity index (χ3v) is 2.25. The summed E-state index contributed by atoms with van der Waals surface area (Å²) in [5.74, 6) is 0.0874. The van der Waals surface area contributed by atoms with Crippen molar-refractivity contribution in [2.75, 3.05) is 11.9 Å². The number of anilines is 1. The summed E-state index contributed by atoms with van der Waals surface area (Å²) in [4.78, 5) is 11.2. The van der Waals surface area contributed by atoms with E-state index < -0.39 is 11.9 Å². The summed E-state index contributed by atoms with van der Waals surface area (Å²) in [5, 5.41) is 13.5. The van der Waals surface area contributed by atoms with Gasteiger partial charge in [-0.05, 0) is 12.5 Å². The molecule has 96 valence electrons. The number of hydrogen-bond donors (Lipinski definition) is 3. The SMILES string of the molecule is CCNCc1nnc(NC(C(N)=O)C(C)C)o1. The average molecular weight is 241 g/mol. The van der Waals surface area contributed by atoms with E-state index in [1.54, 1.807) is 0 Å². The molecule has 1 atom stereocenters. The third-order valence-electron chi connectivity index (χ3n) is 2.25. The van der Waals surface area contributed by atoms with E-state index in [4.69, 9.17) is 10.2 Å². The zero-order valence-corrected chi connectivity index (χ0v) is 10.4. The highest BCUT2D eigenvalue weighted by Gasteiger charge is 2.21. The Kier molecular flexibility index (Phi) is 4.89. The number of nitrogens with two attached hydrogens (primary N) is 1. The van der Waals surface area contributed by atoms with E-state index in [1.165, 1.54) is 0 Å². The van der Waals surface area contributed by atoms with Gasteiger partial charge in [0.2, 0.25) is 11.8 Å². The normalized spacial score (nSPS) is 12.7. The third kappa shape index (κ3) is 4.03. The second-order valence-corrected chi connectivity index (χ2v) is 4.05. The van der Waals surface area contributed by atoms with Crippen molar-refractivity contribution in [3.63, 3.8) is 0 Å². The lowest BCUT2D eigenvalue weighted by molar-refractivity contribution is -0.119. The molecular formula is C10H19N5O2. The summed E-state index contributed by atoms with van der Waals surface area (Å²) >= 11 is 0. The monoisotopic (exact) mass is 241 g/mol. The first-order chi connectivity index (χ1) is 8.04. The van der Waals surface area contributed by atoms with Crippen molar-refractivity contribution < 1.29 is 9.21 Å². The topological polar surface area (TPSA) is 106 Å². The second-order valence-electron chi connectivity index (χ2n) is 4.05. The van der Waals surface area contributed by atoms with Crippen LogP contribution in [0.4, 0.5) is 6.01 Å². The fourth-order valence-corrected chi connectivity index (χ4v) is 1.31. The second kappa shape index (κ2) is 6.19. The smallest absolute Gasteiger partial charge is 0.316 e. The van der Waals surface area contributed by atoms with Crippen molar-refractivity contribution in [1.82, 2.24) is 15.5 Å². The number of nitrogens with one attached hydrogen (secondary N) is 2.